The summed E-state index contributed by atoms with van der Waals surface area (Å²) in [4.78, 5) is 12.9. The summed E-state index contributed by atoms with van der Waals surface area (Å²) in [5.41, 5.74) is 0. The van der Waals surface area contributed by atoms with Gasteiger partial charge in [0.05, 0.1) is 5.92 Å². The van der Waals surface area contributed by atoms with Gasteiger partial charge in [0.15, 0.2) is 0 Å². The van der Waals surface area contributed by atoms with Gasteiger partial charge in [0.25, 0.3) is 0 Å². The second-order valence-corrected chi connectivity index (χ2v) is 3.99. The molecule has 2 N–H and O–H groups in total. The molecule has 0 saturated carbocycles. The fourth-order valence-electron chi connectivity index (χ4n) is 1.65. The largest absolute Gasteiger partial charge is 0.481 e. The molecule has 1 saturated heterocycles. The molecule has 4 nitrogen and oxygen atoms in total. The summed E-state index contributed by atoms with van der Waals surface area (Å²) in [5.74, 6) is -1.01. The topological polar surface area (TPSA) is 52.6 Å². The molecule has 1 fully saturated rings. The van der Waals surface area contributed by atoms with Gasteiger partial charge in [0.2, 0.25) is 0 Å². The van der Waals surface area contributed by atoms with Crippen molar-refractivity contribution in [3.8, 4) is 0 Å². The first-order valence-corrected chi connectivity index (χ1v) is 5.36. The van der Waals surface area contributed by atoms with Crippen LogP contribution in [0, 0.1) is 5.92 Å². The van der Waals surface area contributed by atoms with Crippen molar-refractivity contribution in [3.63, 3.8) is 0 Å². The van der Waals surface area contributed by atoms with E-state index in [0.29, 0.717) is 6.54 Å². The number of nitrogens with zero attached hydrogens (tertiary/aromatic N) is 1. The van der Waals surface area contributed by atoms with Gasteiger partial charge in [0, 0.05) is 19.6 Å². The van der Waals surface area contributed by atoms with Crippen molar-refractivity contribution < 1.29 is 9.90 Å². The van der Waals surface area contributed by atoms with Crippen LogP contribution in [0.4, 0.5) is 0 Å². The van der Waals surface area contributed by atoms with Crippen molar-refractivity contribution in [3.05, 3.63) is 0 Å². The second kappa shape index (κ2) is 5.98. The summed E-state index contributed by atoms with van der Waals surface area (Å²) < 4.78 is 0. The Kier molecular flexibility index (Phi) is 4.90. The molecule has 0 amide bonds. The van der Waals surface area contributed by atoms with E-state index >= 15 is 0 Å². The highest BCUT2D eigenvalue weighted by molar-refractivity contribution is 5.69. The lowest BCUT2D eigenvalue weighted by Gasteiger charge is -2.15. The van der Waals surface area contributed by atoms with Crippen LogP contribution >= 0.6 is 0 Å². The zero-order valence-corrected chi connectivity index (χ0v) is 8.83. The molecule has 1 rings (SSSR count). The van der Waals surface area contributed by atoms with Crippen LogP contribution in [0.25, 0.3) is 0 Å². The number of carbonyl (C=O) groups is 1. The summed E-state index contributed by atoms with van der Waals surface area (Å²) in [5, 5.41) is 11.8. The van der Waals surface area contributed by atoms with Crippen molar-refractivity contribution in [2.24, 2.45) is 5.92 Å². The molecule has 0 aliphatic carbocycles. The van der Waals surface area contributed by atoms with Gasteiger partial charge in [-0.15, -0.1) is 0 Å². The van der Waals surface area contributed by atoms with Crippen molar-refractivity contribution in [2.45, 2.75) is 19.8 Å². The SMILES string of the molecule is CC(CNCCN1CCCC1)C(=O)O. The van der Waals surface area contributed by atoms with E-state index in [1.807, 2.05) is 0 Å². The van der Waals surface area contributed by atoms with E-state index in [9.17, 15) is 4.79 Å². The van der Waals surface area contributed by atoms with Crippen LogP contribution in [0.2, 0.25) is 0 Å². The van der Waals surface area contributed by atoms with E-state index in [4.69, 9.17) is 5.11 Å². The van der Waals surface area contributed by atoms with Crippen LogP contribution in [0.5, 0.6) is 0 Å². The van der Waals surface area contributed by atoms with E-state index in [2.05, 4.69) is 10.2 Å². The Bertz CT molecular complexity index is 179. The quantitative estimate of drug-likeness (QED) is 0.609. The molecule has 0 aromatic carbocycles. The molecular formula is C10H20N2O2. The van der Waals surface area contributed by atoms with Gasteiger partial charge >= 0.3 is 5.97 Å². The fourth-order valence-corrected chi connectivity index (χ4v) is 1.65. The van der Waals surface area contributed by atoms with Gasteiger partial charge in [-0.05, 0) is 25.9 Å². The Morgan fingerprint density at radius 3 is 2.71 bits per heavy atom. The smallest absolute Gasteiger partial charge is 0.307 e. The molecular weight excluding hydrogens is 180 g/mol. The highest BCUT2D eigenvalue weighted by atomic mass is 16.4. The summed E-state index contributed by atoms with van der Waals surface area (Å²) in [7, 11) is 0. The lowest BCUT2D eigenvalue weighted by Crippen LogP contribution is -2.33. The van der Waals surface area contributed by atoms with Crippen molar-refractivity contribution >= 4 is 5.97 Å². The number of aliphatic carboxylic acids is 1. The monoisotopic (exact) mass is 200 g/mol. The first-order valence-electron chi connectivity index (χ1n) is 5.36. The molecule has 1 aliphatic heterocycles. The van der Waals surface area contributed by atoms with Crippen LogP contribution in [0.3, 0.4) is 0 Å². The minimum atomic E-state index is -0.723. The third-order valence-electron chi connectivity index (χ3n) is 2.68. The Morgan fingerprint density at radius 1 is 1.50 bits per heavy atom. The number of carboxylic acid groups (broad SMARTS) is 1. The molecule has 0 bridgehead atoms. The Morgan fingerprint density at radius 2 is 2.14 bits per heavy atom. The maximum absolute atomic E-state index is 10.5. The Balaban J connectivity index is 1.95. The lowest BCUT2D eigenvalue weighted by molar-refractivity contribution is -0.140. The van der Waals surface area contributed by atoms with Crippen LogP contribution in [0.15, 0.2) is 0 Å². The summed E-state index contributed by atoms with van der Waals surface area (Å²) in [6.45, 7) is 6.66. The number of carboxylic acids is 1. The molecule has 1 heterocycles. The highest BCUT2D eigenvalue weighted by Crippen LogP contribution is 2.05. The first kappa shape index (κ1) is 11.5. The van der Waals surface area contributed by atoms with E-state index in [1.54, 1.807) is 6.92 Å². The molecule has 4 heteroatoms. The molecule has 1 unspecified atom stereocenters. The summed E-state index contributed by atoms with van der Waals surface area (Å²) in [6, 6.07) is 0. The van der Waals surface area contributed by atoms with E-state index in [1.165, 1.54) is 25.9 Å². The van der Waals surface area contributed by atoms with Gasteiger partial charge < -0.3 is 15.3 Å². The molecule has 0 aromatic heterocycles. The molecule has 82 valence electrons. The van der Waals surface area contributed by atoms with Crippen LogP contribution < -0.4 is 5.32 Å². The number of hydrogen-bond acceptors (Lipinski definition) is 3. The Hall–Kier alpha value is -0.610. The van der Waals surface area contributed by atoms with Gasteiger partial charge in [-0.3, -0.25) is 4.79 Å². The molecule has 1 atom stereocenters. The molecule has 14 heavy (non-hydrogen) atoms. The fraction of sp³-hybridized carbons (Fsp3) is 0.900. The minimum Gasteiger partial charge on any atom is -0.481 e. The first-order chi connectivity index (χ1) is 6.70. The third-order valence-corrected chi connectivity index (χ3v) is 2.68. The summed E-state index contributed by atoms with van der Waals surface area (Å²) in [6.07, 6.45) is 2.62. The van der Waals surface area contributed by atoms with Gasteiger partial charge in [-0.2, -0.15) is 0 Å². The number of rotatable bonds is 6. The van der Waals surface area contributed by atoms with Gasteiger partial charge in [-0.1, -0.05) is 6.92 Å². The lowest BCUT2D eigenvalue weighted by atomic mass is 10.2. The van der Waals surface area contributed by atoms with Crippen molar-refractivity contribution in [1.82, 2.24) is 10.2 Å². The molecule has 0 radical (unpaired) electrons. The standard InChI is InChI=1S/C10H20N2O2/c1-9(10(13)14)8-11-4-7-12-5-2-3-6-12/h9,11H,2-8H2,1H3,(H,13,14). The Labute approximate surface area is 85.3 Å². The maximum Gasteiger partial charge on any atom is 0.307 e. The minimum absolute atomic E-state index is 0.284. The predicted molar refractivity (Wildman–Crippen MR) is 55.3 cm³/mol. The highest BCUT2D eigenvalue weighted by Gasteiger charge is 2.12. The van der Waals surface area contributed by atoms with Crippen LogP contribution in [0.1, 0.15) is 19.8 Å². The normalized spacial score (nSPS) is 19.8. The zero-order chi connectivity index (χ0) is 10.4. The van der Waals surface area contributed by atoms with Crippen LogP contribution in [-0.2, 0) is 4.79 Å². The predicted octanol–water partition coefficient (Wildman–Crippen LogP) is 0.393. The van der Waals surface area contributed by atoms with E-state index in [0.717, 1.165) is 13.1 Å². The number of likely N-dealkylation sites (tertiary alicyclic amines) is 1. The maximum atomic E-state index is 10.5. The van der Waals surface area contributed by atoms with Crippen molar-refractivity contribution in [2.75, 3.05) is 32.7 Å². The van der Waals surface area contributed by atoms with Crippen LogP contribution in [-0.4, -0.2) is 48.7 Å². The van der Waals surface area contributed by atoms with E-state index in [-0.39, 0.29) is 5.92 Å². The summed E-state index contributed by atoms with van der Waals surface area (Å²) >= 11 is 0. The van der Waals surface area contributed by atoms with E-state index < -0.39 is 5.97 Å². The third kappa shape index (κ3) is 4.07. The molecule has 0 aromatic rings. The number of nitrogens with one attached hydrogen (secondary N) is 1. The average molecular weight is 200 g/mol. The van der Waals surface area contributed by atoms with Gasteiger partial charge in [-0.25, -0.2) is 0 Å². The van der Waals surface area contributed by atoms with Crippen molar-refractivity contribution in [1.29, 1.82) is 0 Å². The van der Waals surface area contributed by atoms with Gasteiger partial charge in [0.1, 0.15) is 0 Å². The molecule has 0 spiro atoms. The number of hydrogen-bond donors (Lipinski definition) is 2. The zero-order valence-electron chi connectivity index (χ0n) is 8.83. The second-order valence-electron chi connectivity index (χ2n) is 3.99. The average Bonchev–Trinajstić information content (AvgIpc) is 2.64. The molecule has 1 aliphatic rings.